The summed E-state index contributed by atoms with van der Waals surface area (Å²) in [6.45, 7) is 7.07. The highest BCUT2D eigenvalue weighted by molar-refractivity contribution is 7.91. The number of fused-ring (bicyclic) bond motifs is 1. The molecule has 1 aromatic carbocycles. The second-order valence-corrected chi connectivity index (χ2v) is 17.6. The van der Waals surface area contributed by atoms with E-state index in [4.69, 9.17) is 14.5 Å². The maximum atomic E-state index is 13.0. The molecule has 2 aromatic rings. The Kier molecular flexibility index (Phi) is 12.8. The van der Waals surface area contributed by atoms with Crippen LogP contribution in [0, 0.1) is 5.92 Å². The summed E-state index contributed by atoms with van der Waals surface area (Å²) in [6.07, 6.45) is 4.09. The van der Waals surface area contributed by atoms with E-state index in [0.717, 1.165) is 40.7 Å². The number of carbonyl (C=O) groups is 4. The van der Waals surface area contributed by atoms with Crippen molar-refractivity contribution in [2.45, 2.75) is 87.7 Å². The van der Waals surface area contributed by atoms with Gasteiger partial charge in [-0.3, -0.25) is 14.5 Å². The standard InChI is InChI=1S/C34H47N5O10S2/c1-6-48-32(42)28(37-31(41)24-21-38(22-24)51(46,47)27-14-9-13-26(19-27)50(5,44)45)20-35-29(40)15-8-7-12-25-17-16-23-11-10-18-39(30(23)36-25)33(43)49-34(2,3)4/h9,13-14,16-17,19,24,28H,6-8,10-12,15,18,20-22H2,1-5H3,(H,35,40)(H,37,41). The van der Waals surface area contributed by atoms with Crippen molar-refractivity contribution in [2.75, 3.05) is 43.9 Å². The monoisotopic (exact) mass is 749 g/mol. The molecule has 0 saturated carbocycles. The molecule has 4 rings (SSSR count). The Hall–Kier alpha value is -4.09. The van der Waals surface area contributed by atoms with Crippen molar-refractivity contribution in [3.8, 4) is 0 Å². The summed E-state index contributed by atoms with van der Waals surface area (Å²) < 4.78 is 61.5. The number of sulfone groups is 1. The fourth-order valence-corrected chi connectivity index (χ4v) is 7.87. The number of rotatable bonds is 14. The van der Waals surface area contributed by atoms with Crippen molar-refractivity contribution in [2.24, 2.45) is 5.92 Å². The first-order chi connectivity index (χ1) is 23.9. The van der Waals surface area contributed by atoms with Crippen molar-refractivity contribution < 1.29 is 45.5 Å². The number of anilines is 1. The summed E-state index contributed by atoms with van der Waals surface area (Å²) in [5.41, 5.74) is 1.15. The summed E-state index contributed by atoms with van der Waals surface area (Å²) in [5, 5.41) is 5.23. The average molecular weight is 750 g/mol. The molecule has 0 aliphatic carbocycles. The molecule has 1 unspecified atom stereocenters. The number of amides is 3. The predicted molar refractivity (Wildman–Crippen MR) is 187 cm³/mol. The maximum absolute atomic E-state index is 13.0. The van der Waals surface area contributed by atoms with Gasteiger partial charge < -0.3 is 20.1 Å². The van der Waals surface area contributed by atoms with Crippen LogP contribution >= 0.6 is 0 Å². The van der Waals surface area contributed by atoms with E-state index in [1.54, 1.807) is 11.8 Å². The van der Waals surface area contributed by atoms with Gasteiger partial charge in [-0.1, -0.05) is 12.1 Å². The summed E-state index contributed by atoms with van der Waals surface area (Å²) in [5.74, 6) is -1.81. The molecule has 3 amide bonds. The highest BCUT2D eigenvalue weighted by Gasteiger charge is 2.42. The Morgan fingerprint density at radius 2 is 1.73 bits per heavy atom. The number of aromatic nitrogens is 1. The van der Waals surface area contributed by atoms with Crippen LogP contribution in [0.5, 0.6) is 0 Å². The van der Waals surface area contributed by atoms with Crippen LogP contribution in [-0.4, -0.2) is 101 Å². The Balaban J connectivity index is 1.25. The molecule has 0 spiro atoms. The van der Waals surface area contributed by atoms with E-state index in [2.05, 4.69) is 10.6 Å². The minimum Gasteiger partial charge on any atom is -0.464 e. The number of ether oxygens (including phenoxy) is 2. The molecule has 0 radical (unpaired) electrons. The molecule has 0 bridgehead atoms. The molecular weight excluding hydrogens is 703 g/mol. The third-order valence-electron chi connectivity index (χ3n) is 8.28. The average Bonchev–Trinajstić information content (AvgIpc) is 3.02. The first-order valence-electron chi connectivity index (χ1n) is 16.9. The van der Waals surface area contributed by atoms with E-state index in [9.17, 15) is 36.0 Å². The lowest BCUT2D eigenvalue weighted by molar-refractivity contribution is -0.148. The van der Waals surface area contributed by atoms with Gasteiger partial charge in [0.05, 0.1) is 22.3 Å². The zero-order chi connectivity index (χ0) is 37.6. The first-order valence-corrected chi connectivity index (χ1v) is 20.3. The lowest BCUT2D eigenvalue weighted by Gasteiger charge is -2.37. The van der Waals surface area contributed by atoms with Gasteiger partial charge in [0.15, 0.2) is 9.84 Å². The van der Waals surface area contributed by atoms with Gasteiger partial charge in [-0.2, -0.15) is 4.31 Å². The topological polar surface area (TPSA) is 198 Å². The molecule has 51 heavy (non-hydrogen) atoms. The fourth-order valence-electron chi connectivity index (χ4n) is 5.55. The number of unbranched alkanes of at least 4 members (excludes halogenated alkanes) is 1. The van der Waals surface area contributed by atoms with Crippen molar-refractivity contribution in [3.63, 3.8) is 0 Å². The van der Waals surface area contributed by atoms with Gasteiger partial charge in [0.25, 0.3) is 0 Å². The van der Waals surface area contributed by atoms with Crippen LogP contribution in [0.1, 0.15) is 64.6 Å². The van der Waals surface area contributed by atoms with Crippen LogP contribution in [0.3, 0.4) is 0 Å². The second kappa shape index (κ2) is 16.5. The summed E-state index contributed by atoms with van der Waals surface area (Å²) in [7, 11) is -7.69. The Morgan fingerprint density at radius 3 is 2.39 bits per heavy atom. The minimum absolute atomic E-state index is 0.0490. The second-order valence-electron chi connectivity index (χ2n) is 13.6. The fraction of sp³-hybridized carbons (Fsp3) is 0.559. The zero-order valence-electron chi connectivity index (χ0n) is 29.6. The van der Waals surface area contributed by atoms with Gasteiger partial charge in [-0.05, 0) is 89.6 Å². The largest absolute Gasteiger partial charge is 0.464 e. The smallest absolute Gasteiger partial charge is 0.416 e. The van der Waals surface area contributed by atoms with Crippen LogP contribution < -0.4 is 15.5 Å². The number of pyridine rings is 1. The molecule has 3 heterocycles. The zero-order valence-corrected chi connectivity index (χ0v) is 31.3. The SMILES string of the molecule is CCOC(=O)C(CNC(=O)CCCCc1ccc2c(n1)N(C(=O)OC(C)(C)C)CCC2)NC(=O)C1CN(S(=O)(=O)c2cccc(S(C)(=O)=O)c2)C1. The third kappa shape index (κ3) is 10.7. The van der Waals surface area contributed by atoms with Gasteiger partial charge >= 0.3 is 12.1 Å². The Morgan fingerprint density at radius 1 is 1.02 bits per heavy atom. The summed E-state index contributed by atoms with van der Waals surface area (Å²) >= 11 is 0. The number of hydrogen-bond acceptors (Lipinski definition) is 11. The number of hydrogen-bond donors (Lipinski definition) is 2. The lowest BCUT2D eigenvalue weighted by Crippen LogP contribution is -2.59. The Labute approximate surface area is 299 Å². The number of carbonyl (C=O) groups excluding carboxylic acids is 4. The molecule has 1 atom stereocenters. The molecule has 1 aromatic heterocycles. The number of sulfonamides is 1. The van der Waals surface area contributed by atoms with E-state index in [1.807, 2.05) is 32.9 Å². The van der Waals surface area contributed by atoms with Gasteiger partial charge in [-0.15, -0.1) is 0 Å². The third-order valence-corrected chi connectivity index (χ3v) is 11.2. The van der Waals surface area contributed by atoms with Crippen LogP contribution in [0.2, 0.25) is 0 Å². The first kappa shape index (κ1) is 39.7. The predicted octanol–water partition coefficient (Wildman–Crippen LogP) is 2.37. The summed E-state index contributed by atoms with van der Waals surface area (Å²) in [4.78, 5) is 57.0. The van der Waals surface area contributed by atoms with Gasteiger partial charge in [0.1, 0.15) is 17.5 Å². The Bertz CT molecular complexity index is 1840. The summed E-state index contributed by atoms with van der Waals surface area (Å²) in [6, 6.07) is 7.70. The molecule has 2 aliphatic rings. The van der Waals surface area contributed by atoms with E-state index in [1.165, 1.54) is 18.2 Å². The number of esters is 1. The van der Waals surface area contributed by atoms with Crippen LogP contribution in [0.15, 0.2) is 46.2 Å². The molecular formula is C34H47N5O10S2. The highest BCUT2D eigenvalue weighted by atomic mass is 32.2. The molecule has 17 heteroatoms. The molecule has 2 aliphatic heterocycles. The van der Waals surface area contributed by atoms with Gasteiger partial charge in [0.2, 0.25) is 21.8 Å². The molecule has 1 fully saturated rings. The molecule has 1 saturated heterocycles. The van der Waals surface area contributed by atoms with E-state index >= 15 is 0 Å². The molecule has 280 valence electrons. The van der Waals surface area contributed by atoms with Crippen molar-refractivity contribution >= 4 is 49.6 Å². The molecule has 15 nitrogen and oxygen atoms in total. The van der Waals surface area contributed by atoms with Gasteiger partial charge in [0, 0.05) is 44.5 Å². The van der Waals surface area contributed by atoms with Crippen LogP contribution in [0.4, 0.5) is 10.6 Å². The maximum Gasteiger partial charge on any atom is 0.416 e. The number of nitrogens with zero attached hydrogens (tertiary/aromatic N) is 3. The number of aryl methyl sites for hydroxylation is 2. The van der Waals surface area contributed by atoms with Crippen LogP contribution in [0.25, 0.3) is 0 Å². The minimum atomic E-state index is -4.06. The molecule has 2 N–H and O–H groups in total. The van der Waals surface area contributed by atoms with Crippen molar-refractivity contribution in [1.29, 1.82) is 0 Å². The number of nitrogens with one attached hydrogen (secondary N) is 2. The van der Waals surface area contributed by atoms with E-state index in [-0.39, 0.29) is 48.4 Å². The number of benzene rings is 1. The van der Waals surface area contributed by atoms with Crippen molar-refractivity contribution in [3.05, 3.63) is 47.7 Å². The normalized spacial score (nSPS) is 16.0. The van der Waals surface area contributed by atoms with Gasteiger partial charge in [-0.25, -0.2) is 31.4 Å². The van der Waals surface area contributed by atoms with E-state index < -0.39 is 55.4 Å². The van der Waals surface area contributed by atoms with Crippen molar-refractivity contribution in [1.82, 2.24) is 19.9 Å². The lowest BCUT2D eigenvalue weighted by atomic mass is 10.0. The highest BCUT2D eigenvalue weighted by Crippen LogP contribution is 2.28. The van der Waals surface area contributed by atoms with E-state index in [0.29, 0.717) is 31.6 Å². The van der Waals surface area contributed by atoms with Crippen LogP contribution in [-0.2, 0) is 56.6 Å². The quantitative estimate of drug-likeness (QED) is 0.212.